The summed E-state index contributed by atoms with van der Waals surface area (Å²) in [4.78, 5) is 0. The summed E-state index contributed by atoms with van der Waals surface area (Å²) in [5, 5.41) is 20.7. The van der Waals surface area contributed by atoms with E-state index in [0.29, 0.717) is 5.92 Å². The predicted molar refractivity (Wildman–Crippen MR) is 82.6 cm³/mol. The second-order valence-corrected chi connectivity index (χ2v) is 5.84. The number of fused-ring (bicyclic) bond motifs is 1. The lowest BCUT2D eigenvalue weighted by atomic mass is 10.1. The van der Waals surface area contributed by atoms with Gasteiger partial charge in [-0.15, -0.1) is 10.2 Å². The lowest BCUT2D eigenvalue weighted by Crippen LogP contribution is -2.15. The molecule has 0 amide bonds. The van der Waals surface area contributed by atoms with Crippen LogP contribution in [-0.4, -0.2) is 29.6 Å². The zero-order valence-corrected chi connectivity index (χ0v) is 12.8. The minimum atomic E-state index is 0.183. The van der Waals surface area contributed by atoms with Crippen LogP contribution in [0.15, 0.2) is 24.7 Å². The average Bonchev–Trinajstić information content (AvgIpc) is 3.12. The number of rotatable bonds is 5. The summed E-state index contributed by atoms with van der Waals surface area (Å²) in [6, 6.07) is 4.36. The molecule has 0 saturated heterocycles. The van der Waals surface area contributed by atoms with Gasteiger partial charge in [-0.1, -0.05) is 6.92 Å². The first-order chi connectivity index (χ1) is 10.8. The number of hydrogen-bond donors (Lipinski definition) is 1. The Morgan fingerprint density at radius 2 is 2.27 bits per heavy atom. The zero-order chi connectivity index (χ0) is 15.1. The van der Waals surface area contributed by atoms with Crippen molar-refractivity contribution in [3.8, 4) is 0 Å². The Hall–Kier alpha value is -2.44. The number of aromatic nitrogens is 6. The van der Waals surface area contributed by atoms with E-state index in [4.69, 9.17) is 0 Å². The zero-order valence-electron chi connectivity index (χ0n) is 12.8. The standard InChI is InChI=1S/C15H19N7/c1-3-11(14-6-7-17-21(14)2)18-13-8-12(10-4-5-10)20-22-9-16-19-15(13)22/h6-11,18H,3-5H2,1-2H3. The highest BCUT2D eigenvalue weighted by molar-refractivity contribution is 5.67. The summed E-state index contributed by atoms with van der Waals surface area (Å²) in [5.74, 6) is 0.587. The summed E-state index contributed by atoms with van der Waals surface area (Å²) in [7, 11) is 1.97. The van der Waals surface area contributed by atoms with Crippen molar-refractivity contribution in [1.82, 2.24) is 29.6 Å². The van der Waals surface area contributed by atoms with Crippen LogP contribution < -0.4 is 5.32 Å². The van der Waals surface area contributed by atoms with Gasteiger partial charge in [0.05, 0.1) is 23.1 Å². The fourth-order valence-corrected chi connectivity index (χ4v) is 2.83. The lowest BCUT2D eigenvalue weighted by Gasteiger charge is -2.19. The largest absolute Gasteiger partial charge is 0.374 e. The molecule has 0 spiro atoms. The quantitative estimate of drug-likeness (QED) is 0.782. The molecule has 1 aliphatic carbocycles. The maximum absolute atomic E-state index is 4.61. The first kappa shape index (κ1) is 13.2. The molecule has 22 heavy (non-hydrogen) atoms. The summed E-state index contributed by atoms with van der Waals surface area (Å²) < 4.78 is 3.68. The second-order valence-electron chi connectivity index (χ2n) is 5.84. The molecule has 1 N–H and O–H groups in total. The van der Waals surface area contributed by atoms with Crippen molar-refractivity contribution in [2.75, 3.05) is 5.32 Å². The van der Waals surface area contributed by atoms with E-state index in [0.717, 1.165) is 29.1 Å². The maximum Gasteiger partial charge on any atom is 0.200 e. The van der Waals surface area contributed by atoms with E-state index < -0.39 is 0 Å². The van der Waals surface area contributed by atoms with Gasteiger partial charge in [0.2, 0.25) is 5.65 Å². The molecule has 1 aliphatic rings. The lowest BCUT2D eigenvalue weighted by molar-refractivity contribution is 0.633. The van der Waals surface area contributed by atoms with Gasteiger partial charge in [-0.2, -0.15) is 14.7 Å². The molecule has 1 fully saturated rings. The number of nitrogens with one attached hydrogen (secondary N) is 1. The highest BCUT2D eigenvalue weighted by atomic mass is 15.4. The molecule has 0 aliphatic heterocycles. The van der Waals surface area contributed by atoms with Gasteiger partial charge in [-0.3, -0.25) is 4.68 Å². The molecule has 3 heterocycles. The van der Waals surface area contributed by atoms with Crippen molar-refractivity contribution in [3.05, 3.63) is 36.0 Å². The summed E-state index contributed by atoms with van der Waals surface area (Å²) in [6.45, 7) is 2.16. The number of anilines is 1. The summed E-state index contributed by atoms with van der Waals surface area (Å²) >= 11 is 0. The van der Waals surface area contributed by atoms with E-state index in [-0.39, 0.29) is 6.04 Å². The van der Waals surface area contributed by atoms with Gasteiger partial charge >= 0.3 is 0 Å². The van der Waals surface area contributed by atoms with Crippen molar-refractivity contribution < 1.29 is 0 Å². The van der Waals surface area contributed by atoms with Crippen LogP contribution in [0.2, 0.25) is 0 Å². The normalized spacial score (nSPS) is 16.1. The molecule has 114 valence electrons. The van der Waals surface area contributed by atoms with Crippen LogP contribution in [0.3, 0.4) is 0 Å². The van der Waals surface area contributed by atoms with E-state index in [2.05, 4.69) is 38.7 Å². The van der Waals surface area contributed by atoms with Gasteiger partial charge in [-0.05, 0) is 31.4 Å². The molecule has 3 aromatic rings. The Bertz CT molecular complexity index is 799. The Morgan fingerprint density at radius 1 is 1.41 bits per heavy atom. The fourth-order valence-electron chi connectivity index (χ4n) is 2.83. The summed E-state index contributed by atoms with van der Waals surface area (Å²) in [6.07, 6.45) is 6.89. The molecule has 0 bridgehead atoms. The van der Waals surface area contributed by atoms with Crippen LogP contribution in [0, 0.1) is 0 Å². The van der Waals surface area contributed by atoms with Crippen LogP contribution in [0.25, 0.3) is 5.65 Å². The van der Waals surface area contributed by atoms with Gasteiger partial charge < -0.3 is 5.32 Å². The van der Waals surface area contributed by atoms with Crippen LogP contribution >= 0.6 is 0 Å². The third kappa shape index (κ3) is 2.22. The monoisotopic (exact) mass is 297 g/mol. The Balaban J connectivity index is 1.73. The van der Waals surface area contributed by atoms with Gasteiger partial charge in [-0.25, -0.2) is 0 Å². The summed E-state index contributed by atoms with van der Waals surface area (Å²) in [5.41, 5.74) is 4.03. The molecule has 3 aromatic heterocycles. The SMILES string of the molecule is CCC(Nc1cc(C2CC2)nn2cnnc12)c1ccnn1C. The highest BCUT2D eigenvalue weighted by Gasteiger charge is 2.27. The Labute approximate surface area is 128 Å². The maximum atomic E-state index is 4.61. The second kappa shape index (κ2) is 5.08. The molecule has 0 radical (unpaired) electrons. The van der Waals surface area contributed by atoms with Gasteiger partial charge in [0.1, 0.15) is 6.33 Å². The van der Waals surface area contributed by atoms with Crippen LogP contribution in [-0.2, 0) is 7.05 Å². The van der Waals surface area contributed by atoms with Gasteiger partial charge in [0, 0.05) is 19.2 Å². The van der Waals surface area contributed by atoms with E-state index in [9.17, 15) is 0 Å². The average molecular weight is 297 g/mol. The van der Waals surface area contributed by atoms with Crippen LogP contribution in [0.4, 0.5) is 5.69 Å². The van der Waals surface area contributed by atoms with E-state index in [1.807, 2.05) is 24.0 Å². The molecular weight excluding hydrogens is 278 g/mol. The molecule has 7 heteroatoms. The van der Waals surface area contributed by atoms with E-state index in [1.165, 1.54) is 12.8 Å². The number of hydrogen-bond acceptors (Lipinski definition) is 5. The smallest absolute Gasteiger partial charge is 0.200 e. The van der Waals surface area contributed by atoms with Crippen LogP contribution in [0.5, 0.6) is 0 Å². The van der Waals surface area contributed by atoms with E-state index in [1.54, 1.807) is 10.8 Å². The fraction of sp³-hybridized carbons (Fsp3) is 0.467. The third-order valence-corrected chi connectivity index (χ3v) is 4.24. The molecule has 1 unspecified atom stereocenters. The van der Waals surface area contributed by atoms with Crippen molar-refractivity contribution in [2.24, 2.45) is 7.05 Å². The Morgan fingerprint density at radius 3 is 2.95 bits per heavy atom. The van der Waals surface area contributed by atoms with E-state index >= 15 is 0 Å². The minimum absolute atomic E-state index is 0.183. The van der Waals surface area contributed by atoms with Crippen molar-refractivity contribution in [2.45, 2.75) is 38.1 Å². The van der Waals surface area contributed by atoms with Crippen molar-refractivity contribution >= 4 is 11.3 Å². The third-order valence-electron chi connectivity index (χ3n) is 4.24. The number of nitrogens with zero attached hydrogens (tertiary/aromatic N) is 6. The van der Waals surface area contributed by atoms with Gasteiger partial charge in [0.15, 0.2) is 0 Å². The van der Waals surface area contributed by atoms with Crippen molar-refractivity contribution in [3.63, 3.8) is 0 Å². The number of aryl methyl sites for hydroxylation is 1. The first-order valence-corrected chi connectivity index (χ1v) is 7.71. The topological polar surface area (TPSA) is 72.9 Å². The molecule has 0 aromatic carbocycles. The highest BCUT2D eigenvalue weighted by Crippen LogP contribution is 2.40. The molecular formula is C15H19N7. The molecule has 1 atom stereocenters. The molecule has 7 nitrogen and oxygen atoms in total. The minimum Gasteiger partial charge on any atom is -0.374 e. The Kier molecular flexibility index (Phi) is 3.06. The first-order valence-electron chi connectivity index (χ1n) is 7.71. The molecule has 1 saturated carbocycles. The van der Waals surface area contributed by atoms with Gasteiger partial charge in [0.25, 0.3) is 0 Å². The van der Waals surface area contributed by atoms with Crippen LogP contribution in [0.1, 0.15) is 49.5 Å². The molecule has 4 rings (SSSR count). The van der Waals surface area contributed by atoms with Crippen molar-refractivity contribution in [1.29, 1.82) is 0 Å². The predicted octanol–water partition coefficient (Wildman–Crippen LogP) is 2.30.